The molecule has 0 saturated heterocycles. The maximum atomic E-state index is 12.4. The van der Waals surface area contributed by atoms with E-state index >= 15 is 0 Å². The van der Waals surface area contributed by atoms with E-state index in [1.807, 2.05) is 24.3 Å². The Labute approximate surface area is 133 Å². The van der Waals surface area contributed by atoms with Crippen LogP contribution < -0.4 is 5.32 Å². The number of hydrogen-bond acceptors (Lipinski definition) is 4. The van der Waals surface area contributed by atoms with Gasteiger partial charge in [-0.05, 0) is 18.6 Å². The zero-order valence-electron chi connectivity index (χ0n) is 13.0. The molecule has 3 aromatic rings. The second kappa shape index (κ2) is 5.53. The average molecular weight is 310 g/mol. The van der Waals surface area contributed by atoms with Gasteiger partial charge in [-0.25, -0.2) is 0 Å². The van der Waals surface area contributed by atoms with Gasteiger partial charge >= 0.3 is 0 Å². The quantitative estimate of drug-likeness (QED) is 0.806. The van der Waals surface area contributed by atoms with Gasteiger partial charge in [0, 0.05) is 30.8 Å². The molecule has 1 atom stereocenters. The molecule has 118 valence electrons. The number of carbonyl (C=O) groups is 1. The van der Waals surface area contributed by atoms with Crippen LogP contribution in [0, 0.1) is 0 Å². The lowest BCUT2D eigenvalue weighted by molar-refractivity contribution is 0.0901. The Balaban J connectivity index is 1.51. The van der Waals surface area contributed by atoms with E-state index in [-0.39, 0.29) is 11.9 Å². The Morgan fingerprint density at radius 1 is 1.39 bits per heavy atom. The van der Waals surface area contributed by atoms with Crippen LogP contribution in [0.5, 0.6) is 0 Å². The van der Waals surface area contributed by atoms with Crippen LogP contribution in [0.4, 0.5) is 0 Å². The summed E-state index contributed by atoms with van der Waals surface area (Å²) < 4.78 is 7.75. The lowest BCUT2D eigenvalue weighted by Crippen LogP contribution is -2.41. The van der Waals surface area contributed by atoms with E-state index < -0.39 is 0 Å². The summed E-state index contributed by atoms with van der Waals surface area (Å²) in [4.78, 5) is 12.4. The predicted molar refractivity (Wildman–Crippen MR) is 85.2 cm³/mol. The molecule has 0 radical (unpaired) electrons. The number of furan rings is 1. The Morgan fingerprint density at radius 2 is 2.26 bits per heavy atom. The van der Waals surface area contributed by atoms with Gasteiger partial charge in [0.25, 0.3) is 5.91 Å². The number of carbonyl (C=O) groups excluding carboxylic acids is 1. The highest BCUT2D eigenvalue weighted by atomic mass is 16.3. The number of benzene rings is 1. The highest BCUT2D eigenvalue weighted by Gasteiger charge is 2.24. The molecule has 6 heteroatoms. The first kappa shape index (κ1) is 14.0. The molecule has 4 rings (SSSR count). The number of fused-ring (bicyclic) bond motifs is 2. The van der Waals surface area contributed by atoms with Crippen molar-refractivity contribution in [1.82, 2.24) is 20.1 Å². The standard InChI is InChI=1S/C17H18N4O2/c1-2-15-19-20-16-8-7-12(10-21(15)16)18-17(22)14-9-11-5-3-4-6-13(11)23-14/h3-6,9,12H,2,7-8,10H2,1H3,(H,18,22). The van der Waals surface area contributed by atoms with Crippen LogP contribution in [0.25, 0.3) is 11.0 Å². The SMILES string of the molecule is CCc1nnc2n1CC(NC(=O)c1cc3ccccc3o1)CC2. The van der Waals surface area contributed by atoms with E-state index in [9.17, 15) is 4.79 Å². The summed E-state index contributed by atoms with van der Waals surface area (Å²) in [6, 6.07) is 9.49. The van der Waals surface area contributed by atoms with Crippen molar-refractivity contribution in [3.05, 3.63) is 47.7 Å². The Bertz CT molecular complexity index is 818. The number of hydrogen-bond donors (Lipinski definition) is 1. The van der Waals surface area contributed by atoms with Crippen LogP contribution in [0.1, 0.15) is 35.5 Å². The molecule has 6 nitrogen and oxygen atoms in total. The third-order valence-corrected chi connectivity index (χ3v) is 4.32. The predicted octanol–water partition coefficient (Wildman–Crippen LogP) is 2.33. The summed E-state index contributed by atoms with van der Waals surface area (Å²) in [7, 11) is 0. The number of para-hydroxylation sites is 1. The summed E-state index contributed by atoms with van der Waals surface area (Å²) in [5.41, 5.74) is 0.732. The summed E-state index contributed by atoms with van der Waals surface area (Å²) in [5, 5.41) is 12.4. The van der Waals surface area contributed by atoms with Crippen molar-refractivity contribution in [2.24, 2.45) is 0 Å². The minimum atomic E-state index is -0.166. The largest absolute Gasteiger partial charge is 0.451 e. The topological polar surface area (TPSA) is 73.0 Å². The van der Waals surface area contributed by atoms with Gasteiger partial charge in [-0.1, -0.05) is 25.1 Å². The molecule has 3 heterocycles. The maximum absolute atomic E-state index is 12.4. The minimum Gasteiger partial charge on any atom is -0.451 e. The Hall–Kier alpha value is -2.63. The molecule has 0 fully saturated rings. The summed E-state index contributed by atoms with van der Waals surface area (Å²) in [6.07, 6.45) is 2.54. The second-order valence-electron chi connectivity index (χ2n) is 5.85. The monoisotopic (exact) mass is 310 g/mol. The van der Waals surface area contributed by atoms with Crippen LogP contribution in [-0.4, -0.2) is 26.7 Å². The molecule has 1 aliphatic rings. The highest BCUT2D eigenvalue weighted by Crippen LogP contribution is 2.20. The molecule has 1 N–H and O–H groups in total. The average Bonchev–Trinajstić information content (AvgIpc) is 3.18. The molecule has 1 unspecified atom stereocenters. The first-order valence-electron chi connectivity index (χ1n) is 7.95. The number of rotatable bonds is 3. The molecule has 1 amide bonds. The maximum Gasteiger partial charge on any atom is 0.287 e. The molecular formula is C17H18N4O2. The zero-order chi connectivity index (χ0) is 15.8. The van der Waals surface area contributed by atoms with Gasteiger partial charge in [-0.15, -0.1) is 10.2 Å². The van der Waals surface area contributed by atoms with Crippen LogP contribution in [0.15, 0.2) is 34.7 Å². The van der Waals surface area contributed by atoms with E-state index in [1.165, 1.54) is 0 Å². The third kappa shape index (κ3) is 2.50. The third-order valence-electron chi connectivity index (χ3n) is 4.32. The molecule has 0 spiro atoms. The Morgan fingerprint density at radius 3 is 3.09 bits per heavy atom. The lowest BCUT2D eigenvalue weighted by atomic mass is 10.1. The number of nitrogens with one attached hydrogen (secondary N) is 1. The smallest absolute Gasteiger partial charge is 0.287 e. The fraction of sp³-hybridized carbons (Fsp3) is 0.353. The van der Waals surface area contributed by atoms with Crippen molar-refractivity contribution in [3.8, 4) is 0 Å². The molecular weight excluding hydrogens is 292 g/mol. The van der Waals surface area contributed by atoms with Gasteiger partial charge in [-0.3, -0.25) is 4.79 Å². The van der Waals surface area contributed by atoms with Crippen LogP contribution in [-0.2, 0) is 19.4 Å². The highest BCUT2D eigenvalue weighted by molar-refractivity contribution is 5.96. The molecule has 1 aromatic carbocycles. The molecule has 1 aliphatic heterocycles. The van der Waals surface area contributed by atoms with E-state index in [0.717, 1.165) is 48.4 Å². The van der Waals surface area contributed by atoms with E-state index in [4.69, 9.17) is 4.42 Å². The Kier molecular flexibility index (Phi) is 3.37. The van der Waals surface area contributed by atoms with Crippen LogP contribution in [0.3, 0.4) is 0 Å². The normalized spacial score (nSPS) is 17.2. The van der Waals surface area contributed by atoms with Gasteiger partial charge in [0.05, 0.1) is 0 Å². The van der Waals surface area contributed by atoms with Crippen molar-refractivity contribution >= 4 is 16.9 Å². The fourth-order valence-corrected chi connectivity index (χ4v) is 3.11. The molecule has 23 heavy (non-hydrogen) atoms. The number of aromatic nitrogens is 3. The van der Waals surface area contributed by atoms with Gasteiger partial charge in [-0.2, -0.15) is 0 Å². The number of aryl methyl sites for hydroxylation is 2. The fourth-order valence-electron chi connectivity index (χ4n) is 3.11. The minimum absolute atomic E-state index is 0.0736. The van der Waals surface area contributed by atoms with Gasteiger partial charge < -0.3 is 14.3 Å². The first-order chi connectivity index (χ1) is 11.2. The molecule has 2 aromatic heterocycles. The number of nitrogens with zero attached hydrogens (tertiary/aromatic N) is 3. The molecule has 0 bridgehead atoms. The van der Waals surface area contributed by atoms with Crippen LogP contribution in [0.2, 0.25) is 0 Å². The van der Waals surface area contributed by atoms with Crippen LogP contribution >= 0.6 is 0 Å². The molecule has 0 saturated carbocycles. The second-order valence-corrected chi connectivity index (χ2v) is 5.85. The van der Waals surface area contributed by atoms with E-state index in [0.29, 0.717) is 5.76 Å². The van der Waals surface area contributed by atoms with Crippen molar-refractivity contribution < 1.29 is 9.21 Å². The van der Waals surface area contributed by atoms with E-state index in [2.05, 4.69) is 27.0 Å². The van der Waals surface area contributed by atoms with Crippen molar-refractivity contribution in [2.75, 3.05) is 0 Å². The van der Waals surface area contributed by atoms with Crippen molar-refractivity contribution in [1.29, 1.82) is 0 Å². The first-order valence-corrected chi connectivity index (χ1v) is 7.95. The van der Waals surface area contributed by atoms with Gasteiger partial charge in [0.2, 0.25) is 0 Å². The lowest BCUT2D eigenvalue weighted by Gasteiger charge is -2.24. The summed E-state index contributed by atoms with van der Waals surface area (Å²) in [5.74, 6) is 2.18. The van der Waals surface area contributed by atoms with Crippen molar-refractivity contribution in [3.63, 3.8) is 0 Å². The zero-order valence-corrected chi connectivity index (χ0v) is 13.0. The van der Waals surface area contributed by atoms with Crippen molar-refractivity contribution in [2.45, 2.75) is 38.8 Å². The summed E-state index contributed by atoms with van der Waals surface area (Å²) >= 11 is 0. The summed E-state index contributed by atoms with van der Waals surface area (Å²) in [6.45, 7) is 2.78. The van der Waals surface area contributed by atoms with Gasteiger partial charge in [0.15, 0.2) is 5.76 Å². The van der Waals surface area contributed by atoms with Gasteiger partial charge in [0.1, 0.15) is 17.2 Å². The van der Waals surface area contributed by atoms with E-state index in [1.54, 1.807) is 6.07 Å². The number of amides is 1. The molecule has 0 aliphatic carbocycles.